The predicted molar refractivity (Wildman–Crippen MR) is 70.4 cm³/mol. The van der Waals surface area contributed by atoms with Gasteiger partial charge in [-0.2, -0.15) is 0 Å². The number of carbonyl (C=O) groups excluding carboxylic acids is 2. The highest BCUT2D eigenvalue weighted by atomic mass is 16.2. The van der Waals surface area contributed by atoms with E-state index in [-0.39, 0.29) is 11.8 Å². The summed E-state index contributed by atoms with van der Waals surface area (Å²) in [4.78, 5) is 34.2. The van der Waals surface area contributed by atoms with Crippen LogP contribution in [0.15, 0.2) is 18.7 Å². The Labute approximate surface area is 112 Å². The van der Waals surface area contributed by atoms with Gasteiger partial charge in [-0.15, -0.1) is 0 Å². The van der Waals surface area contributed by atoms with Crippen molar-refractivity contribution in [3.8, 4) is 0 Å². The Bertz CT molecular complexity index is 485. The van der Waals surface area contributed by atoms with Crippen LogP contribution in [0.3, 0.4) is 0 Å². The molecule has 1 atom stereocenters. The van der Waals surface area contributed by atoms with Crippen LogP contribution in [0.5, 0.6) is 0 Å². The largest absolute Gasteiger partial charge is 0.340 e. The third kappa shape index (κ3) is 2.07. The molecule has 1 aliphatic heterocycles. The summed E-state index contributed by atoms with van der Waals surface area (Å²) in [7, 11) is 0. The number of anilines is 1. The summed E-state index contributed by atoms with van der Waals surface area (Å²) in [5, 5.41) is 2.86. The van der Waals surface area contributed by atoms with Crippen molar-refractivity contribution in [2.75, 3.05) is 4.90 Å². The number of carbonyl (C=O) groups is 2. The van der Waals surface area contributed by atoms with Crippen LogP contribution in [-0.2, 0) is 9.59 Å². The first-order valence-electron chi connectivity index (χ1n) is 6.46. The fraction of sp³-hybridized carbons (Fsp3) is 0.538. The molecule has 6 heteroatoms. The second kappa shape index (κ2) is 4.95. The standard InChI is InChI=1S/C13H18N4O2/c1-4-13(5-2)12(19)17(9(3)11(18)16-13)10-6-14-8-15-7-10/h6-9H,4-5H2,1-3H3,(H,16,18). The summed E-state index contributed by atoms with van der Waals surface area (Å²) in [6.45, 7) is 5.50. The summed E-state index contributed by atoms with van der Waals surface area (Å²) in [5.74, 6) is -0.244. The molecule has 1 unspecified atom stereocenters. The first kappa shape index (κ1) is 13.5. The van der Waals surface area contributed by atoms with Gasteiger partial charge < -0.3 is 5.32 Å². The maximum atomic E-state index is 12.7. The molecule has 1 N–H and O–H groups in total. The van der Waals surface area contributed by atoms with Gasteiger partial charge in [-0.3, -0.25) is 14.5 Å². The van der Waals surface area contributed by atoms with Crippen molar-refractivity contribution in [2.45, 2.75) is 45.2 Å². The third-order valence-corrected chi connectivity index (χ3v) is 3.79. The summed E-state index contributed by atoms with van der Waals surface area (Å²) >= 11 is 0. The van der Waals surface area contributed by atoms with Gasteiger partial charge in [-0.1, -0.05) is 13.8 Å². The first-order valence-corrected chi connectivity index (χ1v) is 6.46. The van der Waals surface area contributed by atoms with Gasteiger partial charge in [0.05, 0.1) is 18.1 Å². The van der Waals surface area contributed by atoms with Gasteiger partial charge in [0.15, 0.2) is 0 Å². The Balaban J connectivity index is 2.46. The highest BCUT2D eigenvalue weighted by molar-refractivity contribution is 6.10. The Kier molecular flexibility index (Phi) is 3.50. The molecule has 102 valence electrons. The molecule has 1 saturated heterocycles. The van der Waals surface area contributed by atoms with Crippen LogP contribution < -0.4 is 10.2 Å². The normalized spacial score (nSPS) is 22.3. The van der Waals surface area contributed by atoms with E-state index in [1.54, 1.807) is 19.3 Å². The Morgan fingerprint density at radius 2 is 1.84 bits per heavy atom. The molecular weight excluding hydrogens is 244 g/mol. The average molecular weight is 262 g/mol. The highest BCUT2D eigenvalue weighted by Gasteiger charge is 2.48. The zero-order valence-corrected chi connectivity index (χ0v) is 11.4. The number of nitrogens with zero attached hydrogens (tertiary/aromatic N) is 3. The van der Waals surface area contributed by atoms with Gasteiger partial charge in [-0.25, -0.2) is 9.97 Å². The Morgan fingerprint density at radius 1 is 1.26 bits per heavy atom. The van der Waals surface area contributed by atoms with Crippen LogP contribution in [0, 0.1) is 0 Å². The van der Waals surface area contributed by atoms with Gasteiger partial charge in [0.1, 0.15) is 17.9 Å². The maximum Gasteiger partial charge on any atom is 0.253 e. The van der Waals surface area contributed by atoms with E-state index in [0.29, 0.717) is 18.5 Å². The third-order valence-electron chi connectivity index (χ3n) is 3.79. The summed E-state index contributed by atoms with van der Waals surface area (Å²) in [6, 6.07) is -0.551. The van der Waals surface area contributed by atoms with Gasteiger partial charge >= 0.3 is 0 Å². The van der Waals surface area contributed by atoms with Crippen molar-refractivity contribution < 1.29 is 9.59 Å². The number of rotatable bonds is 3. The number of aromatic nitrogens is 2. The summed E-state index contributed by atoms with van der Waals surface area (Å²) in [5.41, 5.74) is -0.263. The van der Waals surface area contributed by atoms with E-state index in [1.807, 2.05) is 13.8 Å². The highest BCUT2D eigenvalue weighted by Crippen LogP contribution is 2.28. The lowest BCUT2D eigenvalue weighted by Crippen LogP contribution is -2.69. The van der Waals surface area contributed by atoms with Crippen molar-refractivity contribution in [1.82, 2.24) is 15.3 Å². The fourth-order valence-corrected chi connectivity index (χ4v) is 2.40. The van der Waals surface area contributed by atoms with Crippen LogP contribution in [0.25, 0.3) is 0 Å². The minimum absolute atomic E-state index is 0.0978. The van der Waals surface area contributed by atoms with Crippen LogP contribution >= 0.6 is 0 Å². The molecule has 0 aliphatic carbocycles. The molecule has 0 spiro atoms. The second-order valence-corrected chi connectivity index (χ2v) is 4.73. The molecule has 1 fully saturated rings. The lowest BCUT2D eigenvalue weighted by Gasteiger charge is -2.44. The molecule has 1 aromatic heterocycles. The van der Waals surface area contributed by atoms with Gasteiger partial charge in [-0.05, 0) is 19.8 Å². The number of nitrogens with one attached hydrogen (secondary N) is 1. The van der Waals surface area contributed by atoms with Crippen LogP contribution in [0.1, 0.15) is 33.6 Å². The van der Waals surface area contributed by atoms with E-state index in [0.717, 1.165) is 0 Å². The number of hydrogen-bond acceptors (Lipinski definition) is 4. The van der Waals surface area contributed by atoms with E-state index in [2.05, 4.69) is 15.3 Å². The van der Waals surface area contributed by atoms with E-state index in [4.69, 9.17) is 0 Å². The minimum atomic E-state index is -0.820. The van der Waals surface area contributed by atoms with E-state index in [1.165, 1.54) is 11.2 Å². The molecule has 19 heavy (non-hydrogen) atoms. The number of piperazine rings is 1. The lowest BCUT2D eigenvalue weighted by molar-refractivity contribution is -0.138. The molecule has 2 amide bonds. The van der Waals surface area contributed by atoms with Crippen molar-refractivity contribution in [3.63, 3.8) is 0 Å². The van der Waals surface area contributed by atoms with Crippen molar-refractivity contribution in [1.29, 1.82) is 0 Å². The molecule has 1 aliphatic rings. The minimum Gasteiger partial charge on any atom is -0.340 e. The van der Waals surface area contributed by atoms with Gasteiger partial charge in [0.25, 0.3) is 5.91 Å². The summed E-state index contributed by atoms with van der Waals surface area (Å²) in [6.07, 6.45) is 5.62. The molecular formula is C13H18N4O2. The first-order chi connectivity index (χ1) is 9.05. The zero-order chi connectivity index (χ0) is 14.0. The molecule has 0 radical (unpaired) electrons. The molecule has 0 aromatic carbocycles. The monoisotopic (exact) mass is 262 g/mol. The smallest absolute Gasteiger partial charge is 0.253 e. The zero-order valence-electron chi connectivity index (χ0n) is 11.4. The second-order valence-electron chi connectivity index (χ2n) is 4.73. The molecule has 2 heterocycles. The van der Waals surface area contributed by atoms with E-state index in [9.17, 15) is 9.59 Å². The molecule has 1 aromatic rings. The van der Waals surface area contributed by atoms with Crippen molar-refractivity contribution >= 4 is 17.5 Å². The molecule has 0 saturated carbocycles. The van der Waals surface area contributed by atoms with Gasteiger partial charge in [0.2, 0.25) is 5.91 Å². The maximum absolute atomic E-state index is 12.7. The lowest BCUT2D eigenvalue weighted by atomic mass is 9.87. The molecule has 6 nitrogen and oxygen atoms in total. The SMILES string of the molecule is CCC1(CC)NC(=O)C(C)N(c2cncnc2)C1=O. The van der Waals surface area contributed by atoms with Crippen molar-refractivity contribution in [3.05, 3.63) is 18.7 Å². The molecule has 2 rings (SSSR count). The van der Waals surface area contributed by atoms with Crippen molar-refractivity contribution in [2.24, 2.45) is 0 Å². The summed E-state index contributed by atoms with van der Waals surface area (Å²) < 4.78 is 0. The Morgan fingerprint density at radius 3 is 2.37 bits per heavy atom. The fourth-order valence-electron chi connectivity index (χ4n) is 2.40. The number of hydrogen-bond donors (Lipinski definition) is 1. The Hall–Kier alpha value is -1.98. The van der Waals surface area contributed by atoms with Crippen LogP contribution in [-0.4, -0.2) is 33.4 Å². The topological polar surface area (TPSA) is 75.2 Å². The quantitative estimate of drug-likeness (QED) is 0.877. The average Bonchev–Trinajstić information content (AvgIpc) is 2.44. The van der Waals surface area contributed by atoms with E-state index >= 15 is 0 Å². The van der Waals surface area contributed by atoms with Crippen LogP contribution in [0.2, 0.25) is 0 Å². The predicted octanol–water partition coefficient (Wildman–Crippen LogP) is 0.887. The molecule has 0 bridgehead atoms. The number of amides is 2. The van der Waals surface area contributed by atoms with Gasteiger partial charge in [0, 0.05) is 0 Å². The van der Waals surface area contributed by atoms with Crippen LogP contribution in [0.4, 0.5) is 5.69 Å². The van der Waals surface area contributed by atoms with E-state index < -0.39 is 11.6 Å².